The van der Waals surface area contributed by atoms with Crippen LogP contribution in [0, 0.1) is 6.92 Å². The summed E-state index contributed by atoms with van der Waals surface area (Å²) in [5.41, 5.74) is 2.65. The molecule has 0 aliphatic carbocycles. The van der Waals surface area contributed by atoms with E-state index in [0.29, 0.717) is 30.5 Å². The predicted octanol–water partition coefficient (Wildman–Crippen LogP) is 4.05. The first-order valence-corrected chi connectivity index (χ1v) is 10.2. The fourth-order valence-electron chi connectivity index (χ4n) is 3.45. The molecular weight excluding hydrogens is 404 g/mol. The number of halogens is 1. The molecule has 1 aliphatic rings. The number of benzene rings is 2. The average molecular weight is 429 g/mol. The van der Waals surface area contributed by atoms with E-state index < -0.39 is 0 Å². The van der Waals surface area contributed by atoms with E-state index in [9.17, 15) is 0 Å². The Balaban J connectivity index is 1.59. The molecule has 0 bridgehead atoms. The maximum Gasteiger partial charge on any atom is 0.163 e. The van der Waals surface area contributed by atoms with Crippen molar-refractivity contribution in [3.63, 3.8) is 0 Å². The van der Waals surface area contributed by atoms with Gasteiger partial charge in [-0.25, -0.2) is 9.97 Å². The lowest BCUT2D eigenvalue weighted by atomic mass is 10.2. The largest absolute Gasteiger partial charge is 0.493 e. The van der Waals surface area contributed by atoms with Gasteiger partial charge in [-0.15, -0.1) is 0 Å². The van der Waals surface area contributed by atoms with Crippen molar-refractivity contribution in [3.8, 4) is 11.5 Å². The third-order valence-corrected chi connectivity index (χ3v) is 5.53. The second-order valence-electron chi connectivity index (χ2n) is 7.40. The van der Waals surface area contributed by atoms with E-state index in [4.69, 9.17) is 25.8 Å². The second-order valence-corrected chi connectivity index (χ2v) is 7.80. The van der Waals surface area contributed by atoms with E-state index in [1.54, 1.807) is 7.11 Å². The third-order valence-electron chi connectivity index (χ3n) is 5.11. The Labute approximate surface area is 180 Å². The van der Waals surface area contributed by atoms with E-state index in [1.807, 2.05) is 37.3 Å². The Morgan fingerprint density at radius 3 is 2.87 bits per heavy atom. The highest BCUT2D eigenvalue weighted by Crippen LogP contribution is 2.35. The molecule has 2 heterocycles. The van der Waals surface area contributed by atoms with Gasteiger partial charge in [0.25, 0.3) is 0 Å². The molecular formula is C22H25ClN4O3. The van der Waals surface area contributed by atoms with Crippen LogP contribution in [0.3, 0.4) is 0 Å². The predicted molar refractivity (Wildman–Crippen MR) is 118 cm³/mol. The summed E-state index contributed by atoms with van der Waals surface area (Å²) in [6.07, 6.45) is 1.56. The quantitative estimate of drug-likeness (QED) is 0.635. The Bertz CT molecular complexity index is 1050. The molecule has 7 nitrogen and oxygen atoms in total. The number of aromatic nitrogens is 2. The zero-order valence-corrected chi connectivity index (χ0v) is 18.1. The highest BCUT2D eigenvalue weighted by molar-refractivity contribution is 6.31. The molecule has 1 atom stereocenters. The number of morpholine rings is 1. The SMILES string of the molecule is COc1cc2c(Nc3ccc(Cl)c(C)c3)ncnc2cc1OCC1CN(C)CCO1. The molecule has 0 saturated carbocycles. The lowest BCUT2D eigenvalue weighted by molar-refractivity contribution is -0.0406. The van der Waals surface area contributed by atoms with Crippen LogP contribution in [0.5, 0.6) is 11.5 Å². The van der Waals surface area contributed by atoms with Crippen LogP contribution in [0.4, 0.5) is 11.5 Å². The van der Waals surface area contributed by atoms with Gasteiger partial charge in [-0.3, -0.25) is 0 Å². The molecule has 158 valence electrons. The van der Waals surface area contributed by atoms with E-state index in [0.717, 1.165) is 40.3 Å². The molecule has 1 N–H and O–H groups in total. The Hall–Kier alpha value is -2.61. The summed E-state index contributed by atoms with van der Waals surface area (Å²) in [5.74, 6) is 1.94. The Kier molecular flexibility index (Phi) is 6.22. The van der Waals surface area contributed by atoms with Crippen LogP contribution in [0.1, 0.15) is 5.56 Å². The lowest BCUT2D eigenvalue weighted by Crippen LogP contribution is -2.42. The van der Waals surface area contributed by atoms with Crippen LogP contribution >= 0.6 is 11.6 Å². The van der Waals surface area contributed by atoms with Gasteiger partial charge in [0.15, 0.2) is 11.5 Å². The van der Waals surface area contributed by atoms with Gasteiger partial charge in [0, 0.05) is 35.3 Å². The molecule has 4 rings (SSSR count). The van der Waals surface area contributed by atoms with Crippen molar-refractivity contribution in [1.82, 2.24) is 14.9 Å². The summed E-state index contributed by atoms with van der Waals surface area (Å²) in [5, 5.41) is 4.91. The van der Waals surface area contributed by atoms with E-state index in [1.165, 1.54) is 6.33 Å². The van der Waals surface area contributed by atoms with E-state index >= 15 is 0 Å². The molecule has 0 radical (unpaired) electrons. The maximum absolute atomic E-state index is 6.13. The van der Waals surface area contributed by atoms with Crippen LogP contribution < -0.4 is 14.8 Å². The first-order valence-electron chi connectivity index (χ1n) is 9.82. The number of methoxy groups -OCH3 is 1. The van der Waals surface area contributed by atoms with Crippen molar-refractivity contribution >= 4 is 34.0 Å². The van der Waals surface area contributed by atoms with Gasteiger partial charge in [0.1, 0.15) is 24.9 Å². The Morgan fingerprint density at radius 2 is 2.10 bits per heavy atom. The van der Waals surface area contributed by atoms with Crippen LogP contribution in [0.25, 0.3) is 10.9 Å². The normalized spacial score (nSPS) is 17.1. The average Bonchev–Trinajstić information content (AvgIpc) is 2.74. The van der Waals surface area contributed by atoms with Crippen LogP contribution in [0.15, 0.2) is 36.7 Å². The van der Waals surface area contributed by atoms with Gasteiger partial charge in [0.2, 0.25) is 0 Å². The molecule has 1 aliphatic heterocycles. The Morgan fingerprint density at radius 1 is 1.23 bits per heavy atom. The second kappa shape index (κ2) is 9.04. The van der Waals surface area contributed by atoms with Gasteiger partial charge < -0.3 is 24.4 Å². The minimum Gasteiger partial charge on any atom is -0.493 e. The fraction of sp³-hybridized carbons (Fsp3) is 0.364. The van der Waals surface area contributed by atoms with Gasteiger partial charge in [0.05, 0.1) is 19.2 Å². The standard InChI is InChI=1S/C22H25ClN4O3/c1-14-8-15(4-5-18(14)23)26-22-17-9-20(28-3)21(10-19(17)24-13-25-22)30-12-16-11-27(2)6-7-29-16/h4-5,8-10,13,16H,6-7,11-12H2,1-3H3,(H,24,25,26). The molecule has 1 unspecified atom stereocenters. The lowest BCUT2D eigenvalue weighted by Gasteiger charge is -2.30. The highest BCUT2D eigenvalue weighted by atomic mass is 35.5. The molecule has 0 amide bonds. The molecule has 8 heteroatoms. The number of aryl methyl sites for hydroxylation is 1. The minimum atomic E-state index is 0.0277. The monoisotopic (exact) mass is 428 g/mol. The molecule has 3 aromatic rings. The fourth-order valence-corrected chi connectivity index (χ4v) is 3.56. The molecule has 2 aromatic carbocycles. The zero-order valence-electron chi connectivity index (χ0n) is 17.3. The van der Waals surface area contributed by atoms with E-state index in [-0.39, 0.29) is 6.10 Å². The zero-order chi connectivity index (χ0) is 21.1. The number of anilines is 2. The molecule has 1 saturated heterocycles. The smallest absolute Gasteiger partial charge is 0.163 e. The van der Waals surface area contributed by atoms with Crippen molar-refractivity contribution < 1.29 is 14.2 Å². The first-order chi connectivity index (χ1) is 14.5. The van der Waals surface area contributed by atoms with Crippen molar-refractivity contribution in [2.45, 2.75) is 13.0 Å². The van der Waals surface area contributed by atoms with Crippen molar-refractivity contribution in [2.24, 2.45) is 0 Å². The molecule has 0 spiro atoms. The van der Waals surface area contributed by atoms with Crippen LogP contribution in [-0.4, -0.2) is 61.4 Å². The molecule has 1 aromatic heterocycles. The third kappa shape index (κ3) is 4.59. The number of nitrogens with zero attached hydrogens (tertiary/aromatic N) is 3. The van der Waals surface area contributed by atoms with Gasteiger partial charge in [-0.1, -0.05) is 11.6 Å². The number of rotatable bonds is 6. The number of hydrogen-bond donors (Lipinski definition) is 1. The summed E-state index contributed by atoms with van der Waals surface area (Å²) in [4.78, 5) is 11.1. The summed E-state index contributed by atoms with van der Waals surface area (Å²) in [7, 11) is 3.71. The summed E-state index contributed by atoms with van der Waals surface area (Å²) in [6.45, 7) is 4.91. The van der Waals surface area contributed by atoms with Crippen molar-refractivity contribution in [3.05, 3.63) is 47.2 Å². The van der Waals surface area contributed by atoms with Crippen molar-refractivity contribution in [1.29, 1.82) is 0 Å². The number of nitrogens with one attached hydrogen (secondary N) is 1. The highest BCUT2D eigenvalue weighted by Gasteiger charge is 2.20. The molecule has 30 heavy (non-hydrogen) atoms. The number of hydrogen-bond acceptors (Lipinski definition) is 7. The first kappa shape index (κ1) is 20.7. The number of ether oxygens (including phenoxy) is 3. The minimum absolute atomic E-state index is 0.0277. The summed E-state index contributed by atoms with van der Waals surface area (Å²) in [6, 6.07) is 9.52. The molecule has 1 fully saturated rings. The number of fused-ring (bicyclic) bond motifs is 1. The van der Waals surface area contributed by atoms with E-state index in [2.05, 4.69) is 27.2 Å². The van der Waals surface area contributed by atoms with Gasteiger partial charge >= 0.3 is 0 Å². The summed E-state index contributed by atoms with van der Waals surface area (Å²) < 4.78 is 17.4. The van der Waals surface area contributed by atoms with Crippen LogP contribution in [0.2, 0.25) is 5.02 Å². The van der Waals surface area contributed by atoms with Gasteiger partial charge in [-0.2, -0.15) is 0 Å². The topological polar surface area (TPSA) is 68.7 Å². The van der Waals surface area contributed by atoms with Crippen LogP contribution in [-0.2, 0) is 4.74 Å². The maximum atomic E-state index is 6.13. The summed E-state index contributed by atoms with van der Waals surface area (Å²) >= 11 is 6.13. The van der Waals surface area contributed by atoms with Crippen molar-refractivity contribution in [2.75, 3.05) is 45.8 Å². The number of likely N-dealkylation sites (N-methyl/N-ethyl adjacent to an activating group) is 1. The van der Waals surface area contributed by atoms with Gasteiger partial charge in [-0.05, 0) is 43.8 Å².